The number of esters is 1. The Morgan fingerprint density at radius 3 is 2.11 bits per heavy atom. The Kier molecular flexibility index (Phi) is 15.4. The van der Waals surface area contributed by atoms with Gasteiger partial charge in [0.25, 0.3) is 0 Å². The van der Waals surface area contributed by atoms with Crippen LogP contribution in [0.15, 0.2) is 0 Å². The lowest BCUT2D eigenvalue weighted by atomic mass is 9.77. The Labute approximate surface area is 317 Å². The van der Waals surface area contributed by atoms with E-state index in [0.29, 0.717) is 13.0 Å². The summed E-state index contributed by atoms with van der Waals surface area (Å²) in [5, 5.41) is 71.3. The number of hydrogen-bond donors (Lipinski definition) is 5. The molecular formula is C38H72N2O13. The topological polar surface area (TPSA) is 200 Å². The highest BCUT2D eigenvalue weighted by Crippen LogP contribution is 2.40. The SMILES string of the molecule is CC[C@@H]1OC(=O)[C@H](C)[C@H](OC2CC(C)(OC)C(O)C(C)O2)[C@@H](C)[C@H](OC2OC(C)CC([N+](C)(C)[O-])C2O)[C@](C)(O)C[C@H](C)CN(C)[C@H](C)[C@@H](O)C1(C)O. The maximum atomic E-state index is 14.2. The summed E-state index contributed by atoms with van der Waals surface area (Å²) in [5.41, 5.74) is -4.51. The van der Waals surface area contributed by atoms with Gasteiger partial charge >= 0.3 is 5.97 Å². The summed E-state index contributed by atoms with van der Waals surface area (Å²) in [4.78, 5) is 16.1. The van der Waals surface area contributed by atoms with Gasteiger partial charge in [0.05, 0.1) is 55.6 Å². The zero-order valence-electron chi connectivity index (χ0n) is 34.6. The van der Waals surface area contributed by atoms with Crippen LogP contribution < -0.4 is 0 Å². The van der Waals surface area contributed by atoms with E-state index in [4.69, 9.17) is 28.4 Å². The number of likely N-dealkylation sites (N-methyl/N-ethyl adjacent to an activating group) is 2. The maximum Gasteiger partial charge on any atom is 0.311 e. The van der Waals surface area contributed by atoms with Crippen LogP contribution in [0.25, 0.3) is 0 Å². The van der Waals surface area contributed by atoms with Gasteiger partial charge in [0.2, 0.25) is 0 Å². The van der Waals surface area contributed by atoms with Crippen LogP contribution in [-0.4, -0.2) is 166 Å². The van der Waals surface area contributed by atoms with E-state index < -0.39 is 113 Å². The molecule has 0 aromatic carbocycles. The van der Waals surface area contributed by atoms with Crippen LogP contribution >= 0.6 is 0 Å². The second-order valence-electron chi connectivity index (χ2n) is 17.6. The first-order valence-corrected chi connectivity index (χ1v) is 19.3. The number of carbonyl (C=O) groups is 1. The summed E-state index contributed by atoms with van der Waals surface area (Å²) >= 11 is 0. The lowest BCUT2D eigenvalue weighted by molar-refractivity contribution is -0.874. The van der Waals surface area contributed by atoms with Crippen molar-refractivity contribution < 1.29 is 63.4 Å². The molecule has 15 nitrogen and oxygen atoms in total. The van der Waals surface area contributed by atoms with E-state index in [9.17, 15) is 35.5 Å². The number of hydroxylamine groups is 3. The lowest BCUT2D eigenvalue weighted by Crippen LogP contribution is -2.62. The van der Waals surface area contributed by atoms with Gasteiger partial charge in [0, 0.05) is 38.5 Å². The van der Waals surface area contributed by atoms with E-state index in [-0.39, 0.29) is 25.2 Å². The number of methoxy groups -OCH3 is 1. The Balaban J connectivity index is 2.19. The molecule has 3 heterocycles. The van der Waals surface area contributed by atoms with Gasteiger partial charge in [-0.15, -0.1) is 0 Å². The van der Waals surface area contributed by atoms with Crippen molar-refractivity contribution in [2.24, 2.45) is 17.8 Å². The number of cyclic esters (lactones) is 1. The first-order valence-electron chi connectivity index (χ1n) is 19.3. The summed E-state index contributed by atoms with van der Waals surface area (Å²) < 4.78 is 36.5. The number of carbonyl (C=O) groups excluding carboxylic acids is 1. The second kappa shape index (κ2) is 17.6. The first-order chi connectivity index (χ1) is 24.2. The number of rotatable bonds is 7. The third-order valence-electron chi connectivity index (χ3n) is 12.3. The molecular weight excluding hydrogens is 692 g/mol. The fraction of sp³-hybridized carbons (Fsp3) is 0.974. The number of aliphatic hydroxyl groups is 5. The summed E-state index contributed by atoms with van der Waals surface area (Å²) in [7, 11) is 6.21. The van der Waals surface area contributed by atoms with Crippen molar-refractivity contribution >= 4 is 5.97 Å². The van der Waals surface area contributed by atoms with Gasteiger partial charge in [0.15, 0.2) is 18.7 Å². The molecule has 3 saturated heterocycles. The highest BCUT2D eigenvalue weighted by molar-refractivity contribution is 5.73. The maximum absolute atomic E-state index is 14.2. The van der Waals surface area contributed by atoms with Crippen LogP contribution in [0.1, 0.15) is 94.9 Å². The highest BCUT2D eigenvalue weighted by atomic mass is 16.7. The molecule has 3 aliphatic heterocycles. The largest absolute Gasteiger partial charge is 0.633 e. The van der Waals surface area contributed by atoms with E-state index in [1.54, 1.807) is 55.4 Å². The molecule has 53 heavy (non-hydrogen) atoms. The van der Waals surface area contributed by atoms with Crippen LogP contribution in [0, 0.1) is 23.0 Å². The Bertz CT molecular complexity index is 1190. The Hall–Kier alpha value is -1.05. The average molecular weight is 765 g/mol. The lowest BCUT2D eigenvalue weighted by Gasteiger charge is -2.51. The van der Waals surface area contributed by atoms with Crippen molar-refractivity contribution in [1.82, 2.24) is 4.90 Å². The molecule has 0 spiro atoms. The molecule has 18 atom stereocenters. The average Bonchev–Trinajstić information content (AvgIpc) is 3.05. The predicted molar refractivity (Wildman–Crippen MR) is 196 cm³/mol. The summed E-state index contributed by atoms with van der Waals surface area (Å²) in [5.74, 6) is -2.80. The van der Waals surface area contributed by atoms with E-state index in [1.807, 2.05) is 18.9 Å². The van der Waals surface area contributed by atoms with E-state index in [1.165, 1.54) is 28.1 Å². The number of hydrogen-bond acceptors (Lipinski definition) is 14. The van der Waals surface area contributed by atoms with Gasteiger partial charge in [-0.1, -0.05) is 20.8 Å². The first kappa shape index (κ1) is 46.3. The molecule has 3 rings (SSSR count). The molecule has 0 radical (unpaired) electrons. The van der Waals surface area contributed by atoms with Crippen LogP contribution in [0.3, 0.4) is 0 Å². The van der Waals surface area contributed by atoms with Crippen LogP contribution in [0.4, 0.5) is 0 Å². The molecule has 0 aliphatic carbocycles. The zero-order chi connectivity index (χ0) is 40.6. The molecule has 3 fully saturated rings. The van der Waals surface area contributed by atoms with Crippen molar-refractivity contribution in [1.29, 1.82) is 0 Å². The molecule has 0 saturated carbocycles. The third kappa shape index (κ3) is 10.5. The quantitative estimate of drug-likeness (QED) is 0.143. The van der Waals surface area contributed by atoms with Gasteiger partial charge in [-0.25, -0.2) is 0 Å². The van der Waals surface area contributed by atoms with Gasteiger partial charge in [0.1, 0.15) is 30.0 Å². The van der Waals surface area contributed by atoms with E-state index >= 15 is 0 Å². The van der Waals surface area contributed by atoms with E-state index in [0.717, 1.165) is 0 Å². The molecule has 5 N–H and O–H groups in total. The van der Waals surface area contributed by atoms with Crippen molar-refractivity contribution in [3.8, 4) is 0 Å². The molecule has 0 amide bonds. The molecule has 9 unspecified atom stereocenters. The number of aliphatic hydroxyl groups excluding tert-OH is 3. The second-order valence-corrected chi connectivity index (χ2v) is 17.6. The summed E-state index contributed by atoms with van der Waals surface area (Å²) in [6, 6.07) is -1.34. The predicted octanol–water partition coefficient (Wildman–Crippen LogP) is 1.91. The fourth-order valence-corrected chi connectivity index (χ4v) is 8.84. The number of nitrogens with zero attached hydrogens (tertiary/aromatic N) is 2. The minimum Gasteiger partial charge on any atom is -0.633 e. The van der Waals surface area contributed by atoms with Crippen LogP contribution in [0.2, 0.25) is 0 Å². The Morgan fingerprint density at radius 1 is 0.962 bits per heavy atom. The van der Waals surface area contributed by atoms with Crippen LogP contribution in [-0.2, 0) is 33.2 Å². The number of quaternary nitrogens is 1. The summed E-state index contributed by atoms with van der Waals surface area (Å²) in [6.45, 7) is 17.6. The van der Waals surface area contributed by atoms with Gasteiger partial charge in [-0.3, -0.25) is 4.79 Å². The Morgan fingerprint density at radius 2 is 1.57 bits per heavy atom. The minimum absolute atomic E-state index is 0.0990. The molecule has 0 bridgehead atoms. The molecule has 15 heteroatoms. The molecule has 312 valence electrons. The highest BCUT2D eigenvalue weighted by Gasteiger charge is 2.53. The fourth-order valence-electron chi connectivity index (χ4n) is 8.84. The van der Waals surface area contributed by atoms with Gasteiger partial charge < -0.3 is 68.7 Å². The minimum atomic E-state index is -1.83. The number of ether oxygens (including phenoxy) is 6. The smallest absolute Gasteiger partial charge is 0.311 e. The molecule has 0 aromatic rings. The van der Waals surface area contributed by atoms with Crippen molar-refractivity contribution in [2.45, 2.75) is 185 Å². The zero-order valence-corrected chi connectivity index (χ0v) is 34.6. The molecule has 0 aromatic heterocycles. The van der Waals surface area contributed by atoms with E-state index in [2.05, 4.69) is 0 Å². The normalized spacial score (nSPS) is 49.1. The van der Waals surface area contributed by atoms with Crippen molar-refractivity contribution in [3.63, 3.8) is 0 Å². The monoisotopic (exact) mass is 765 g/mol. The standard InChI is InChI=1S/C38H72N2O13/c1-15-27-38(10,46)31(42)24(6)39(11)19-20(2)17-36(8,45)33(53-35-29(41)26(40(12,13)47)16-21(3)49-35)22(4)30(23(5)34(44)51-27)52-28-18-37(9,48-14)32(43)25(7)50-28/h20-33,35,41-43,45-46H,15-19H2,1-14H3/t20-,21?,22+,23+,24+,25?,26?,27-,28?,29?,30+,31+,32?,33-,35?,36+,37?,38?/m0/s1. The van der Waals surface area contributed by atoms with Crippen LogP contribution in [0.5, 0.6) is 0 Å². The third-order valence-corrected chi connectivity index (χ3v) is 12.3. The molecule has 3 aliphatic rings. The van der Waals surface area contributed by atoms with Crippen molar-refractivity contribution in [2.75, 3.05) is 34.8 Å². The van der Waals surface area contributed by atoms with Crippen molar-refractivity contribution in [3.05, 3.63) is 5.21 Å². The summed E-state index contributed by atoms with van der Waals surface area (Å²) in [6.07, 6.45) is -9.60. The van der Waals surface area contributed by atoms with Gasteiger partial charge in [-0.2, -0.15) is 0 Å². The van der Waals surface area contributed by atoms with Gasteiger partial charge in [-0.05, 0) is 74.3 Å².